The zero-order valence-electron chi connectivity index (χ0n) is 11.2. The summed E-state index contributed by atoms with van der Waals surface area (Å²) in [5.74, 6) is -0.495. The third kappa shape index (κ3) is 5.76. The molecule has 1 aromatic carbocycles. The SMILES string of the molecule is CC(C)NCCCOCc1cc(F)ccc1[N+](=O)[O-]. The van der Waals surface area contributed by atoms with Crippen LogP contribution in [0.2, 0.25) is 0 Å². The molecule has 19 heavy (non-hydrogen) atoms. The van der Waals surface area contributed by atoms with Gasteiger partial charge in [-0.2, -0.15) is 0 Å². The minimum absolute atomic E-state index is 0.0513. The van der Waals surface area contributed by atoms with Gasteiger partial charge in [-0.15, -0.1) is 0 Å². The Kier molecular flexibility index (Phi) is 6.38. The summed E-state index contributed by atoms with van der Waals surface area (Å²) >= 11 is 0. The zero-order valence-corrected chi connectivity index (χ0v) is 11.2. The molecule has 0 radical (unpaired) electrons. The lowest BCUT2D eigenvalue weighted by molar-refractivity contribution is -0.386. The fraction of sp³-hybridized carbons (Fsp3) is 0.538. The first-order valence-electron chi connectivity index (χ1n) is 6.24. The molecule has 1 rings (SSSR count). The van der Waals surface area contributed by atoms with E-state index >= 15 is 0 Å². The first kappa shape index (κ1) is 15.5. The molecule has 0 heterocycles. The van der Waals surface area contributed by atoms with Gasteiger partial charge in [-0.25, -0.2) is 4.39 Å². The van der Waals surface area contributed by atoms with E-state index in [1.165, 1.54) is 0 Å². The smallest absolute Gasteiger partial charge is 0.275 e. The fourth-order valence-corrected chi connectivity index (χ4v) is 1.59. The van der Waals surface area contributed by atoms with Crippen molar-refractivity contribution in [2.75, 3.05) is 13.2 Å². The summed E-state index contributed by atoms with van der Waals surface area (Å²) in [7, 11) is 0. The Morgan fingerprint density at radius 3 is 2.84 bits per heavy atom. The van der Waals surface area contributed by atoms with Crippen molar-refractivity contribution in [1.82, 2.24) is 5.32 Å². The first-order chi connectivity index (χ1) is 9.00. The second-order valence-electron chi connectivity index (χ2n) is 4.55. The van der Waals surface area contributed by atoms with Crippen LogP contribution in [-0.4, -0.2) is 24.1 Å². The highest BCUT2D eigenvalue weighted by Crippen LogP contribution is 2.20. The maximum atomic E-state index is 13.0. The normalized spacial score (nSPS) is 10.9. The van der Waals surface area contributed by atoms with Crippen molar-refractivity contribution in [1.29, 1.82) is 0 Å². The Bertz CT molecular complexity index is 424. The summed E-state index contributed by atoms with van der Waals surface area (Å²) in [6, 6.07) is 3.80. The molecule has 0 aliphatic carbocycles. The van der Waals surface area contributed by atoms with E-state index in [0.717, 1.165) is 31.2 Å². The highest BCUT2D eigenvalue weighted by Gasteiger charge is 2.14. The van der Waals surface area contributed by atoms with Gasteiger partial charge in [0.2, 0.25) is 0 Å². The molecule has 1 N–H and O–H groups in total. The number of nitro benzene ring substituents is 1. The molecule has 0 unspecified atom stereocenters. The molecule has 0 spiro atoms. The van der Waals surface area contributed by atoms with E-state index in [0.29, 0.717) is 12.6 Å². The molecule has 0 atom stereocenters. The van der Waals surface area contributed by atoms with Crippen molar-refractivity contribution in [3.63, 3.8) is 0 Å². The molecule has 0 saturated heterocycles. The number of ether oxygens (including phenoxy) is 1. The topological polar surface area (TPSA) is 64.4 Å². The second-order valence-corrected chi connectivity index (χ2v) is 4.55. The Morgan fingerprint density at radius 1 is 1.47 bits per heavy atom. The Morgan fingerprint density at radius 2 is 2.21 bits per heavy atom. The number of nitro groups is 1. The summed E-state index contributed by atoms with van der Waals surface area (Å²) in [4.78, 5) is 10.2. The van der Waals surface area contributed by atoms with Gasteiger partial charge in [0.1, 0.15) is 5.82 Å². The predicted octanol–water partition coefficient (Wildman–Crippen LogP) is 2.64. The molecule has 0 aliphatic rings. The summed E-state index contributed by atoms with van der Waals surface area (Å²) in [5, 5.41) is 14.0. The van der Waals surface area contributed by atoms with Crippen molar-refractivity contribution in [2.45, 2.75) is 32.9 Å². The summed E-state index contributed by atoms with van der Waals surface area (Å²) in [6.07, 6.45) is 0.807. The molecule has 1 aromatic rings. The van der Waals surface area contributed by atoms with Gasteiger partial charge in [-0.1, -0.05) is 13.8 Å². The average molecular weight is 270 g/mol. The molecule has 6 heteroatoms. The van der Waals surface area contributed by atoms with Crippen molar-refractivity contribution < 1.29 is 14.1 Å². The molecule has 106 valence electrons. The highest BCUT2D eigenvalue weighted by atomic mass is 19.1. The van der Waals surface area contributed by atoms with Crippen LogP contribution in [0.5, 0.6) is 0 Å². The number of nitrogens with one attached hydrogen (secondary N) is 1. The van der Waals surface area contributed by atoms with Gasteiger partial charge in [0.05, 0.1) is 17.1 Å². The largest absolute Gasteiger partial charge is 0.376 e. The Labute approximate surface area is 111 Å². The van der Waals surface area contributed by atoms with Crippen molar-refractivity contribution in [3.8, 4) is 0 Å². The lowest BCUT2D eigenvalue weighted by Gasteiger charge is -2.08. The summed E-state index contributed by atoms with van der Waals surface area (Å²) < 4.78 is 18.4. The van der Waals surface area contributed by atoms with E-state index < -0.39 is 10.7 Å². The van der Waals surface area contributed by atoms with Crippen LogP contribution in [-0.2, 0) is 11.3 Å². The van der Waals surface area contributed by atoms with E-state index in [2.05, 4.69) is 19.2 Å². The lowest BCUT2D eigenvalue weighted by atomic mass is 10.2. The van der Waals surface area contributed by atoms with E-state index in [9.17, 15) is 14.5 Å². The number of rotatable bonds is 8. The van der Waals surface area contributed by atoms with E-state index in [-0.39, 0.29) is 17.9 Å². The van der Waals surface area contributed by atoms with Crippen molar-refractivity contribution >= 4 is 5.69 Å². The standard InChI is InChI=1S/C13H19FN2O3/c1-10(2)15-6-3-7-19-9-11-8-12(14)4-5-13(11)16(17)18/h4-5,8,10,15H,3,6-7,9H2,1-2H3. The van der Waals surface area contributed by atoms with Crippen LogP contribution in [0.3, 0.4) is 0 Å². The predicted molar refractivity (Wildman–Crippen MR) is 70.5 cm³/mol. The van der Waals surface area contributed by atoms with Crippen LogP contribution in [0.1, 0.15) is 25.8 Å². The van der Waals surface area contributed by atoms with Crippen LogP contribution in [0, 0.1) is 15.9 Å². The van der Waals surface area contributed by atoms with Gasteiger partial charge in [-0.3, -0.25) is 10.1 Å². The first-order valence-corrected chi connectivity index (χ1v) is 6.24. The van der Waals surface area contributed by atoms with E-state index in [4.69, 9.17) is 4.74 Å². The third-order valence-electron chi connectivity index (χ3n) is 2.51. The molecule has 0 amide bonds. The van der Waals surface area contributed by atoms with Crippen LogP contribution >= 0.6 is 0 Å². The number of hydrogen-bond acceptors (Lipinski definition) is 4. The average Bonchev–Trinajstić information content (AvgIpc) is 2.33. The highest BCUT2D eigenvalue weighted by molar-refractivity contribution is 5.39. The summed E-state index contributed by atoms with van der Waals surface area (Å²) in [5.41, 5.74) is 0.156. The molecule has 0 fully saturated rings. The van der Waals surface area contributed by atoms with E-state index in [1.54, 1.807) is 0 Å². The molecule has 5 nitrogen and oxygen atoms in total. The van der Waals surface area contributed by atoms with Crippen LogP contribution in [0.15, 0.2) is 18.2 Å². The molecular formula is C13H19FN2O3. The number of hydrogen-bond donors (Lipinski definition) is 1. The minimum Gasteiger partial charge on any atom is -0.376 e. The molecule has 0 saturated carbocycles. The van der Waals surface area contributed by atoms with Gasteiger partial charge >= 0.3 is 0 Å². The van der Waals surface area contributed by atoms with Crippen LogP contribution in [0.25, 0.3) is 0 Å². The maximum absolute atomic E-state index is 13.0. The monoisotopic (exact) mass is 270 g/mol. The number of nitrogens with zero attached hydrogens (tertiary/aromatic N) is 1. The molecule has 0 aliphatic heterocycles. The van der Waals surface area contributed by atoms with Crippen LogP contribution < -0.4 is 5.32 Å². The minimum atomic E-state index is -0.529. The van der Waals surface area contributed by atoms with Crippen molar-refractivity contribution in [3.05, 3.63) is 39.7 Å². The van der Waals surface area contributed by atoms with E-state index in [1.807, 2.05) is 0 Å². The second kappa shape index (κ2) is 7.81. The quantitative estimate of drug-likeness (QED) is 0.448. The Balaban J connectivity index is 2.40. The molecule has 0 aromatic heterocycles. The lowest BCUT2D eigenvalue weighted by Crippen LogP contribution is -2.24. The number of benzene rings is 1. The van der Waals surface area contributed by atoms with Gasteiger partial charge in [-0.05, 0) is 25.1 Å². The number of halogens is 1. The molecular weight excluding hydrogens is 251 g/mol. The molecule has 0 bridgehead atoms. The van der Waals surface area contributed by atoms with Gasteiger partial charge in [0.25, 0.3) is 5.69 Å². The maximum Gasteiger partial charge on any atom is 0.275 e. The van der Waals surface area contributed by atoms with Crippen LogP contribution in [0.4, 0.5) is 10.1 Å². The zero-order chi connectivity index (χ0) is 14.3. The Hall–Kier alpha value is -1.53. The third-order valence-corrected chi connectivity index (χ3v) is 2.51. The van der Waals surface area contributed by atoms with Crippen molar-refractivity contribution in [2.24, 2.45) is 0 Å². The van der Waals surface area contributed by atoms with Gasteiger partial charge in [0.15, 0.2) is 0 Å². The fourth-order valence-electron chi connectivity index (χ4n) is 1.59. The van der Waals surface area contributed by atoms with Gasteiger partial charge in [0, 0.05) is 18.7 Å². The van der Waals surface area contributed by atoms with Gasteiger partial charge < -0.3 is 10.1 Å². The summed E-state index contributed by atoms with van der Waals surface area (Å²) in [6.45, 7) is 5.46.